The zero-order valence-electron chi connectivity index (χ0n) is 12.3. The first-order valence-electron chi connectivity index (χ1n) is 7.48. The van der Waals surface area contributed by atoms with Crippen molar-refractivity contribution in [3.05, 3.63) is 54.2 Å². The molecular weight excluding hydrogens is 278 g/mol. The molecule has 1 unspecified atom stereocenters. The highest BCUT2D eigenvalue weighted by molar-refractivity contribution is 6.04. The van der Waals surface area contributed by atoms with Gasteiger partial charge >= 0.3 is 0 Å². The summed E-state index contributed by atoms with van der Waals surface area (Å²) in [6, 6.07) is 12.9. The number of para-hydroxylation sites is 1. The maximum absolute atomic E-state index is 12.3. The molecule has 0 spiro atoms. The van der Waals surface area contributed by atoms with E-state index in [1.54, 1.807) is 18.3 Å². The lowest BCUT2D eigenvalue weighted by molar-refractivity contribution is 0.102. The molecule has 0 radical (unpaired) electrons. The highest BCUT2D eigenvalue weighted by atomic mass is 16.3. The molecule has 22 heavy (non-hydrogen) atoms. The van der Waals surface area contributed by atoms with Crippen molar-refractivity contribution in [1.29, 1.82) is 0 Å². The molecule has 2 heterocycles. The Morgan fingerprint density at radius 2 is 2.14 bits per heavy atom. The van der Waals surface area contributed by atoms with Gasteiger partial charge in [-0.1, -0.05) is 18.2 Å². The average Bonchev–Trinajstić information content (AvgIpc) is 3.04. The molecule has 1 atom stereocenters. The second kappa shape index (κ2) is 6.58. The van der Waals surface area contributed by atoms with E-state index in [1.165, 1.54) is 0 Å². The van der Waals surface area contributed by atoms with E-state index in [9.17, 15) is 9.90 Å². The van der Waals surface area contributed by atoms with Gasteiger partial charge in [-0.25, -0.2) is 4.98 Å². The molecular formula is C17H19N3O2. The molecule has 2 N–H and O–H groups in total. The Kier molecular flexibility index (Phi) is 4.34. The number of nitrogens with one attached hydrogen (secondary N) is 1. The topological polar surface area (TPSA) is 65.5 Å². The number of anilines is 2. The van der Waals surface area contributed by atoms with Gasteiger partial charge in [0, 0.05) is 24.0 Å². The van der Waals surface area contributed by atoms with Crippen LogP contribution in [0.2, 0.25) is 0 Å². The minimum Gasteiger partial charge on any atom is -0.394 e. The van der Waals surface area contributed by atoms with Crippen molar-refractivity contribution in [2.24, 2.45) is 0 Å². The predicted molar refractivity (Wildman–Crippen MR) is 86.1 cm³/mol. The van der Waals surface area contributed by atoms with E-state index in [4.69, 9.17) is 0 Å². The molecule has 2 aromatic rings. The second-order valence-electron chi connectivity index (χ2n) is 5.39. The van der Waals surface area contributed by atoms with E-state index in [-0.39, 0.29) is 18.6 Å². The van der Waals surface area contributed by atoms with E-state index in [0.29, 0.717) is 5.56 Å². The lowest BCUT2D eigenvalue weighted by atomic mass is 10.2. The Bertz CT molecular complexity index is 645. The summed E-state index contributed by atoms with van der Waals surface area (Å²) in [5.41, 5.74) is 1.33. The van der Waals surface area contributed by atoms with Crippen LogP contribution in [0.4, 0.5) is 11.5 Å². The van der Waals surface area contributed by atoms with Crippen molar-refractivity contribution in [3.63, 3.8) is 0 Å². The molecule has 0 saturated carbocycles. The number of carbonyl (C=O) groups excluding carboxylic acids is 1. The molecule has 3 rings (SSSR count). The molecule has 0 bridgehead atoms. The largest absolute Gasteiger partial charge is 0.394 e. The van der Waals surface area contributed by atoms with Crippen molar-refractivity contribution in [1.82, 2.24) is 4.98 Å². The minimum atomic E-state index is -0.158. The van der Waals surface area contributed by atoms with Crippen molar-refractivity contribution in [2.45, 2.75) is 18.9 Å². The molecule has 1 aliphatic heterocycles. The molecule has 5 nitrogen and oxygen atoms in total. The van der Waals surface area contributed by atoms with Gasteiger partial charge in [0.2, 0.25) is 0 Å². The Labute approximate surface area is 129 Å². The van der Waals surface area contributed by atoms with E-state index >= 15 is 0 Å². The summed E-state index contributed by atoms with van der Waals surface area (Å²) < 4.78 is 0. The van der Waals surface area contributed by atoms with Crippen LogP contribution in [0.1, 0.15) is 23.2 Å². The minimum absolute atomic E-state index is 0.0972. The van der Waals surface area contributed by atoms with Crippen LogP contribution in [0.5, 0.6) is 0 Å². The third-order valence-electron chi connectivity index (χ3n) is 3.92. The van der Waals surface area contributed by atoms with Crippen LogP contribution in [0, 0.1) is 0 Å². The van der Waals surface area contributed by atoms with E-state index in [0.717, 1.165) is 30.9 Å². The monoisotopic (exact) mass is 297 g/mol. The summed E-state index contributed by atoms with van der Waals surface area (Å²) in [5, 5.41) is 12.3. The van der Waals surface area contributed by atoms with Crippen molar-refractivity contribution < 1.29 is 9.90 Å². The van der Waals surface area contributed by atoms with Gasteiger partial charge in [0.05, 0.1) is 12.6 Å². The second-order valence-corrected chi connectivity index (χ2v) is 5.39. The van der Waals surface area contributed by atoms with Gasteiger partial charge in [-0.3, -0.25) is 4.79 Å². The Morgan fingerprint density at radius 1 is 1.32 bits per heavy atom. The molecule has 5 heteroatoms. The maximum atomic E-state index is 12.3. The fraction of sp³-hybridized carbons (Fsp3) is 0.294. The quantitative estimate of drug-likeness (QED) is 0.909. The van der Waals surface area contributed by atoms with E-state index in [2.05, 4.69) is 15.2 Å². The van der Waals surface area contributed by atoms with Gasteiger partial charge in [0.1, 0.15) is 5.82 Å². The molecule has 1 fully saturated rings. The Hall–Kier alpha value is -2.40. The smallest absolute Gasteiger partial charge is 0.255 e. The first-order chi connectivity index (χ1) is 10.8. The summed E-state index contributed by atoms with van der Waals surface area (Å²) in [6.07, 6.45) is 3.63. The number of amides is 1. The maximum Gasteiger partial charge on any atom is 0.255 e. The van der Waals surface area contributed by atoms with Gasteiger partial charge in [-0.15, -0.1) is 0 Å². The number of hydrogen-bond acceptors (Lipinski definition) is 4. The number of aromatic nitrogens is 1. The Balaban J connectivity index is 1.77. The summed E-state index contributed by atoms with van der Waals surface area (Å²) in [5.74, 6) is 0.590. The molecule has 1 saturated heterocycles. The number of rotatable bonds is 4. The zero-order chi connectivity index (χ0) is 15.4. The van der Waals surface area contributed by atoms with Gasteiger partial charge in [-0.2, -0.15) is 0 Å². The van der Waals surface area contributed by atoms with Gasteiger partial charge in [-0.05, 0) is 37.1 Å². The predicted octanol–water partition coefficient (Wildman–Crippen LogP) is 2.29. The first-order valence-corrected chi connectivity index (χ1v) is 7.48. The zero-order valence-corrected chi connectivity index (χ0v) is 12.3. The number of aliphatic hydroxyl groups is 1. The van der Waals surface area contributed by atoms with Gasteiger partial charge < -0.3 is 15.3 Å². The lowest BCUT2D eigenvalue weighted by Gasteiger charge is -2.24. The van der Waals surface area contributed by atoms with Crippen LogP contribution < -0.4 is 10.2 Å². The Morgan fingerprint density at radius 3 is 2.91 bits per heavy atom. The van der Waals surface area contributed by atoms with Crippen LogP contribution in [-0.2, 0) is 0 Å². The van der Waals surface area contributed by atoms with Crippen LogP contribution in [0.25, 0.3) is 0 Å². The molecule has 1 amide bonds. The van der Waals surface area contributed by atoms with E-state index in [1.807, 2.05) is 30.3 Å². The van der Waals surface area contributed by atoms with Crippen LogP contribution in [0.15, 0.2) is 48.7 Å². The summed E-state index contributed by atoms with van der Waals surface area (Å²) in [7, 11) is 0. The van der Waals surface area contributed by atoms with Gasteiger partial charge in [0.15, 0.2) is 0 Å². The van der Waals surface area contributed by atoms with Crippen LogP contribution in [-0.4, -0.2) is 35.2 Å². The van der Waals surface area contributed by atoms with Gasteiger partial charge in [0.25, 0.3) is 5.91 Å². The highest BCUT2D eigenvalue weighted by Crippen LogP contribution is 2.24. The summed E-state index contributed by atoms with van der Waals surface area (Å²) in [4.78, 5) is 18.7. The van der Waals surface area contributed by atoms with Crippen molar-refractivity contribution in [3.8, 4) is 0 Å². The normalized spacial score (nSPS) is 17.5. The molecule has 0 aliphatic carbocycles. The lowest BCUT2D eigenvalue weighted by Crippen LogP contribution is -2.32. The number of benzene rings is 1. The molecule has 1 aliphatic rings. The van der Waals surface area contributed by atoms with E-state index < -0.39 is 0 Å². The highest BCUT2D eigenvalue weighted by Gasteiger charge is 2.25. The third-order valence-corrected chi connectivity index (χ3v) is 3.92. The summed E-state index contributed by atoms with van der Waals surface area (Å²) >= 11 is 0. The fourth-order valence-corrected chi connectivity index (χ4v) is 2.77. The van der Waals surface area contributed by atoms with Crippen LogP contribution in [0.3, 0.4) is 0 Å². The third kappa shape index (κ3) is 3.09. The number of pyridine rings is 1. The van der Waals surface area contributed by atoms with Crippen molar-refractivity contribution >= 4 is 17.4 Å². The SMILES string of the molecule is O=C(Nc1ccccc1)c1ccnc(N2CCCC2CO)c1. The number of hydrogen-bond donors (Lipinski definition) is 2. The standard InChI is InChI=1S/C17H19N3O2/c21-12-15-7-4-10-20(15)16-11-13(8-9-18-16)17(22)19-14-5-2-1-3-6-14/h1-3,5-6,8-9,11,15,21H,4,7,10,12H2,(H,19,22). The molecule has 114 valence electrons. The molecule has 1 aromatic heterocycles. The van der Waals surface area contributed by atoms with Crippen LogP contribution >= 0.6 is 0 Å². The number of carbonyl (C=O) groups is 1. The first kappa shape index (κ1) is 14.5. The number of aliphatic hydroxyl groups excluding tert-OH is 1. The average molecular weight is 297 g/mol. The summed E-state index contributed by atoms with van der Waals surface area (Å²) in [6.45, 7) is 0.976. The fourth-order valence-electron chi connectivity index (χ4n) is 2.77. The van der Waals surface area contributed by atoms with Crippen molar-refractivity contribution in [2.75, 3.05) is 23.4 Å². The molecule has 1 aromatic carbocycles. The number of nitrogens with zero attached hydrogens (tertiary/aromatic N) is 2.